The van der Waals surface area contributed by atoms with Crippen LogP contribution in [0.15, 0.2) is 59.1 Å². The molecule has 2 aromatic carbocycles. The molecule has 0 aliphatic rings. The first-order chi connectivity index (χ1) is 17.4. The lowest BCUT2D eigenvalue weighted by Crippen LogP contribution is -2.24. The van der Waals surface area contributed by atoms with Gasteiger partial charge in [-0.15, -0.1) is 10.2 Å². The second-order valence-corrected chi connectivity index (χ2v) is 9.79. The van der Waals surface area contributed by atoms with E-state index in [9.17, 15) is 14.0 Å². The molecule has 186 valence electrons. The standard InChI is InChI=1S/C23H20ClFN6O3S2/c1-2-34-18-12-31(16-9-7-15(25)8-10-16)30-20(18)21(33)27-22-28-29-23(36-22)35-13-19(32)26-11-14-5-3-4-6-17(14)24/h3-10,12H,2,11,13H2,1H3,(H,26,32)(H,27,28,33). The number of carbonyl (C=O) groups is 2. The third-order valence-corrected chi connectivity index (χ3v) is 7.01. The maximum atomic E-state index is 13.2. The molecule has 0 radical (unpaired) electrons. The van der Waals surface area contributed by atoms with Gasteiger partial charge in [0, 0.05) is 11.6 Å². The number of rotatable bonds is 10. The molecule has 0 aliphatic heterocycles. The maximum Gasteiger partial charge on any atom is 0.281 e. The molecule has 36 heavy (non-hydrogen) atoms. The maximum absolute atomic E-state index is 13.2. The van der Waals surface area contributed by atoms with Crippen molar-refractivity contribution in [3.8, 4) is 11.4 Å². The summed E-state index contributed by atoms with van der Waals surface area (Å²) in [5, 5.41) is 18.6. The summed E-state index contributed by atoms with van der Waals surface area (Å²) >= 11 is 8.43. The molecule has 4 aromatic rings. The predicted molar refractivity (Wildman–Crippen MR) is 137 cm³/mol. The minimum absolute atomic E-state index is 0.0459. The number of thioether (sulfide) groups is 1. The van der Waals surface area contributed by atoms with Crippen LogP contribution in [0.2, 0.25) is 5.02 Å². The van der Waals surface area contributed by atoms with Gasteiger partial charge in [0.05, 0.1) is 24.2 Å². The van der Waals surface area contributed by atoms with Crippen LogP contribution in [-0.4, -0.2) is 44.2 Å². The fourth-order valence-corrected chi connectivity index (χ4v) is 4.77. The molecule has 0 atom stereocenters. The Morgan fingerprint density at radius 1 is 1.17 bits per heavy atom. The summed E-state index contributed by atoms with van der Waals surface area (Å²) in [4.78, 5) is 25.0. The molecule has 0 fully saturated rings. The zero-order valence-corrected chi connectivity index (χ0v) is 21.3. The van der Waals surface area contributed by atoms with E-state index in [0.29, 0.717) is 28.2 Å². The lowest BCUT2D eigenvalue weighted by Gasteiger charge is -2.05. The number of nitrogens with zero attached hydrogens (tertiary/aromatic N) is 4. The fourth-order valence-electron chi connectivity index (χ4n) is 2.99. The van der Waals surface area contributed by atoms with Crippen LogP contribution < -0.4 is 15.4 Å². The highest BCUT2D eigenvalue weighted by atomic mass is 35.5. The monoisotopic (exact) mass is 546 g/mol. The van der Waals surface area contributed by atoms with Crippen LogP contribution in [0, 0.1) is 5.82 Å². The topological polar surface area (TPSA) is 111 Å². The number of halogens is 2. The molecule has 4 rings (SSSR count). The SMILES string of the molecule is CCOc1cn(-c2ccc(F)cc2)nc1C(=O)Nc1nnc(SCC(=O)NCc2ccccc2Cl)s1. The quantitative estimate of drug-likeness (QED) is 0.221. The Morgan fingerprint density at radius 2 is 1.94 bits per heavy atom. The van der Waals surface area contributed by atoms with Crippen LogP contribution in [0.1, 0.15) is 23.0 Å². The molecular weight excluding hydrogens is 527 g/mol. The highest BCUT2D eigenvalue weighted by molar-refractivity contribution is 8.01. The molecule has 2 heterocycles. The van der Waals surface area contributed by atoms with E-state index in [2.05, 4.69) is 25.9 Å². The Bertz CT molecular complexity index is 1360. The third-order valence-electron chi connectivity index (χ3n) is 4.67. The van der Waals surface area contributed by atoms with E-state index in [-0.39, 0.29) is 34.1 Å². The number of anilines is 1. The molecule has 13 heteroatoms. The number of nitrogens with one attached hydrogen (secondary N) is 2. The molecule has 0 saturated heterocycles. The lowest BCUT2D eigenvalue weighted by atomic mass is 10.2. The molecule has 0 unspecified atom stereocenters. The summed E-state index contributed by atoms with van der Waals surface area (Å²) in [7, 11) is 0. The number of hydrogen-bond donors (Lipinski definition) is 2. The lowest BCUT2D eigenvalue weighted by molar-refractivity contribution is -0.118. The van der Waals surface area contributed by atoms with Crippen molar-refractivity contribution in [3.63, 3.8) is 0 Å². The van der Waals surface area contributed by atoms with Crippen molar-refractivity contribution < 1.29 is 18.7 Å². The van der Waals surface area contributed by atoms with Crippen molar-refractivity contribution in [2.75, 3.05) is 17.7 Å². The first-order valence-corrected chi connectivity index (χ1v) is 12.9. The number of amides is 2. The van der Waals surface area contributed by atoms with Crippen molar-refractivity contribution >= 4 is 51.6 Å². The Morgan fingerprint density at radius 3 is 2.69 bits per heavy atom. The van der Waals surface area contributed by atoms with Crippen molar-refractivity contribution in [1.82, 2.24) is 25.3 Å². The summed E-state index contributed by atoms with van der Waals surface area (Å²) in [6, 6.07) is 13.0. The highest BCUT2D eigenvalue weighted by Gasteiger charge is 2.21. The van der Waals surface area contributed by atoms with Gasteiger partial charge in [0.2, 0.25) is 11.0 Å². The molecule has 2 N–H and O–H groups in total. The van der Waals surface area contributed by atoms with Gasteiger partial charge in [-0.1, -0.05) is 52.9 Å². The minimum Gasteiger partial charge on any atom is -0.490 e. The van der Waals surface area contributed by atoms with Gasteiger partial charge in [0.1, 0.15) is 5.82 Å². The molecular formula is C23H20ClFN6O3S2. The Labute approximate surface area is 219 Å². The van der Waals surface area contributed by atoms with Crippen LogP contribution in [0.5, 0.6) is 5.75 Å². The average Bonchev–Trinajstić information content (AvgIpc) is 3.50. The van der Waals surface area contributed by atoms with Gasteiger partial charge in [-0.2, -0.15) is 5.10 Å². The average molecular weight is 547 g/mol. The van der Waals surface area contributed by atoms with Crippen molar-refractivity contribution in [2.45, 2.75) is 17.8 Å². The van der Waals surface area contributed by atoms with Crippen LogP contribution >= 0.6 is 34.7 Å². The van der Waals surface area contributed by atoms with Gasteiger partial charge in [-0.3, -0.25) is 14.9 Å². The number of ether oxygens (including phenoxy) is 1. The van der Waals surface area contributed by atoms with E-state index in [1.807, 2.05) is 18.2 Å². The first kappa shape index (κ1) is 25.6. The zero-order chi connectivity index (χ0) is 25.5. The summed E-state index contributed by atoms with van der Waals surface area (Å²) in [6.45, 7) is 2.44. The smallest absolute Gasteiger partial charge is 0.281 e. The summed E-state index contributed by atoms with van der Waals surface area (Å²) < 4.78 is 20.7. The van der Waals surface area contributed by atoms with Crippen molar-refractivity contribution in [1.29, 1.82) is 0 Å². The summed E-state index contributed by atoms with van der Waals surface area (Å²) in [5.74, 6) is -0.702. The largest absolute Gasteiger partial charge is 0.490 e. The number of benzene rings is 2. The third kappa shape index (κ3) is 6.59. The van der Waals surface area contributed by atoms with Crippen LogP contribution in [0.3, 0.4) is 0 Å². The minimum atomic E-state index is -0.538. The number of aromatic nitrogens is 4. The van der Waals surface area contributed by atoms with Crippen molar-refractivity contribution in [2.24, 2.45) is 0 Å². The molecule has 2 aromatic heterocycles. The van der Waals surface area contributed by atoms with Gasteiger partial charge < -0.3 is 10.1 Å². The molecule has 0 spiro atoms. The van der Waals surface area contributed by atoms with E-state index >= 15 is 0 Å². The second-order valence-electron chi connectivity index (χ2n) is 7.18. The van der Waals surface area contributed by atoms with Gasteiger partial charge in [-0.25, -0.2) is 9.07 Å². The highest BCUT2D eigenvalue weighted by Crippen LogP contribution is 2.27. The van der Waals surface area contributed by atoms with Crippen LogP contribution in [-0.2, 0) is 11.3 Å². The Kier molecular flexibility index (Phi) is 8.52. The van der Waals surface area contributed by atoms with E-state index in [1.165, 1.54) is 28.6 Å². The molecule has 0 bridgehead atoms. The number of carbonyl (C=O) groups excluding carboxylic acids is 2. The number of hydrogen-bond acceptors (Lipinski definition) is 8. The van der Waals surface area contributed by atoms with Gasteiger partial charge in [-0.05, 0) is 42.8 Å². The molecule has 2 amide bonds. The van der Waals surface area contributed by atoms with E-state index in [1.54, 1.807) is 31.3 Å². The molecule has 0 aliphatic carbocycles. The molecule has 9 nitrogen and oxygen atoms in total. The van der Waals surface area contributed by atoms with E-state index < -0.39 is 5.91 Å². The van der Waals surface area contributed by atoms with Gasteiger partial charge in [0.25, 0.3) is 5.91 Å². The zero-order valence-electron chi connectivity index (χ0n) is 18.9. The normalized spacial score (nSPS) is 10.8. The second kappa shape index (κ2) is 12.0. The van der Waals surface area contributed by atoms with E-state index in [4.69, 9.17) is 16.3 Å². The Hall–Kier alpha value is -3.48. The summed E-state index contributed by atoms with van der Waals surface area (Å²) in [6.07, 6.45) is 1.55. The van der Waals surface area contributed by atoms with Crippen LogP contribution in [0.25, 0.3) is 5.69 Å². The summed E-state index contributed by atoms with van der Waals surface area (Å²) in [5.41, 5.74) is 1.44. The van der Waals surface area contributed by atoms with Crippen LogP contribution in [0.4, 0.5) is 9.52 Å². The first-order valence-electron chi connectivity index (χ1n) is 10.7. The van der Waals surface area contributed by atoms with Gasteiger partial charge >= 0.3 is 0 Å². The predicted octanol–water partition coefficient (Wildman–Crippen LogP) is 4.58. The Balaban J connectivity index is 1.34. The van der Waals surface area contributed by atoms with E-state index in [0.717, 1.165) is 16.9 Å². The van der Waals surface area contributed by atoms with Crippen molar-refractivity contribution in [3.05, 3.63) is 76.8 Å². The fraction of sp³-hybridized carbons (Fsp3) is 0.174. The van der Waals surface area contributed by atoms with Gasteiger partial charge in [0.15, 0.2) is 15.8 Å². The molecule has 0 saturated carbocycles.